The summed E-state index contributed by atoms with van der Waals surface area (Å²) >= 11 is 0. The molecule has 1 nitrogen and oxygen atoms in total. The molecule has 1 aliphatic carbocycles. The minimum absolute atomic E-state index is 0.199. The van der Waals surface area contributed by atoms with E-state index in [1.165, 1.54) is 12.1 Å². The van der Waals surface area contributed by atoms with Gasteiger partial charge in [0.05, 0.1) is 0 Å². The van der Waals surface area contributed by atoms with Crippen molar-refractivity contribution in [2.45, 2.75) is 26.3 Å². The molecular formula is C13H17F2N. The van der Waals surface area contributed by atoms with E-state index >= 15 is 0 Å². The number of benzene rings is 1. The van der Waals surface area contributed by atoms with Crippen molar-refractivity contribution in [2.24, 2.45) is 11.8 Å². The van der Waals surface area contributed by atoms with Crippen LogP contribution >= 0.6 is 0 Å². The van der Waals surface area contributed by atoms with E-state index in [0.717, 1.165) is 6.42 Å². The van der Waals surface area contributed by atoms with Gasteiger partial charge in [-0.2, -0.15) is 0 Å². The second-order valence-corrected chi connectivity index (χ2v) is 4.74. The first-order valence-corrected chi connectivity index (χ1v) is 5.68. The van der Waals surface area contributed by atoms with Crippen molar-refractivity contribution < 1.29 is 8.78 Å². The van der Waals surface area contributed by atoms with Crippen LogP contribution < -0.4 is 5.32 Å². The van der Waals surface area contributed by atoms with Crippen LogP contribution in [0.15, 0.2) is 12.1 Å². The van der Waals surface area contributed by atoms with Crippen molar-refractivity contribution in [1.82, 2.24) is 5.32 Å². The van der Waals surface area contributed by atoms with E-state index in [9.17, 15) is 8.78 Å². The van der Waals surface area contributed by atoms with Crippen molar-refractivity contribution >= 4 is 0 Å². The number of aryl methyl sites for hydroxylation is 1. The highest BCUT2D eigenvalue weighted by Crippen LogP contribution is 2.47. The molecule has 0 heterocycles. The molecule has 0 aliphatic heterocycles. The van der Waals surface area contributed by atoms with Gasteiger partial charge in [0.15, 0.2) is 0 Å². The molecule has 16 heavy (non-hydrogen) atoms. The average Bonchev–Trinajstić information content (AvgIpc) is 2.96. The zero-order valence-corrected chi connectivity index (χ0v) is 9.85. The maximum Gasteiger partial charge on any atom is 0.133 e. The molecule has 3 unspecified atom stereocenters. The summed E-state index contributed by atoms with van der Waals surface area (Å²) in [6.07, 6.45) is 1.04. The molecule has 3 heteroatoms. The molecule has 1 aromatic carbocycles. The fraction of sp³-hybridized carbons (Fsp3) is 0.538. The molecule has 2 rings (SSSR count). The van der Waals surface area contributed by atoms with Crippen LogP contribution in [0.5, 0.6) is 0 Å². The van der Waals surface area contributed by atoms with Gasteiger partial charge in [-0.15, -0.1) is 0 Å². The second-order valence-electron chi connectivity index (χ2n) is 4.74. The molecule has 88 valence electrons. The number of nitrogens with one attached hydrogen (secondary N) is 1. The molecule has 0 saturated heterocycles. The zero-order chi connectivity index (χ0) is 11.9. The van der Waals surface area contributed by atoms with Gasteiger partial charge >= 0.3 is 0 Å². The Kier molecular flexibility index (Phi) is 2.98. The summed E-state index contributed by atoms with van der Waals surface area (Å²) in [6, 6.07) is 2.64. The van der Waals surface area contributed by atoms with Crippen molar-refractivity contribution in [1.29, 1.82) is 0 Å². The molecule has 1 aliphatic rings. The average molecular weight is 225 g/mol. The Balaban J connectivity index is 2.41. The van der Waals surface area contributed by atoms with Crippen molar-refractivity contribution in [3.63, 3.8) is 0 Å². The molecule has 0 spiro atoms. The third kappa shape index (κ3) is 1.84. The molecule has 3 atom stereocenters. The van der Waals surface area contributed by atoms with Gasteiger partial charge in [0.1, 0.15) is 11.6 Å². The van der Waals surface area contributed by atoms with Crippen LogP contribution in [0.4, 0.5) is 8.78 Å². The Labute approximate surface area is 94.9 Å². The Morgan fingerprint density at radius 3 is 2.50 bits per heavy atom. The highest BCUT2D eigenvalue weighted by Gasteiger charge is 2.41. The third-order valence-electron chi connectivity index (χ3n) is 3.54. The molecule has 0 radical (unpaired) electrons. The lowest BCUT2D eigenvalue weighted by Crippen LogP contribution is -2.22. The molecule has 1 fully saturated rings. The summed E-state index contributed by atoms with van der Waals surface area (Å²) in [4.78, 5) is 0. The van der Waals surface area contributed by atoms with E-state index < -0.39 is 11.6 Å². The highest BCUT2D eigenvalue weighted by atomic mass is 19.1. The van der Waals surface area contributed by atoms with Gasteiger partial charge in [-0.1, -0.05) is 13.0 Å². The SMILES string of the molecule is CNC(c1c(F)ccc(C)c1F)C1CC1C. The molecule has 1 saturated carbocycles. The van der Waals surface area contributed by atoms with Crippen molar-refractivity contribution in [2.75, 3.05) is 7.05 Å². The Hall–Kier alpha value is -0.960. The molecule has 0 amide bonds. The lowest BCUT2D eigenvalue weighted by atomic mass is 9.98. The Morgan fingerprint density at radius 2 is 2.00 bits per heavy atom. The predicted molar refractivity (Wildman–Crippen MR) is 60.2 cm³/mol. The largest absolute Gasteiger partial charge is 0.313 e. The van der Waals surface area contributed by atoms with E-state index in [1.807, 2.05) is 0 Å². The topological polar surface area (TPSA) is 12.0 Å². The molecule has 0 aromatic heterocycles. The number of hydrogen-bond donors (Lipinski definition) is 1. The van der Waals surface area contributed by atoms with Crippen LogP contribution in [-0.2, 0) is 0 Å². The fourth-order valence-corrected chi connectivity index (χ4v) is 2.35. The van der Waals surface area contributed by atoms with Crippen molar-refractivity contribution in [3.8, 4) is 0 Å². The highest BCUT2D eigenvalue weighted by molar-refractivity contribution is 5.30. The maximum absolute atomic E-state index is 13.9. The fourth-order valence-electron chi connectivity index (χ4n) is 2.35. The molecule has 0 bridgehead atoms. The van der Waals surface area contributed by atoms with Crippen LogP contribution in [0.25, 0.3) is 0 Å². The van der Waals surface area contributed by atoms with Gasteiger partial charge in [-0.3, -0.25) is 0 Å². The van der Waals surface area contributed by atoms with Crippen LogP contribution in [0.3, 0.4) is 0 Å². The van der Waals surface area contributed by atoms with Crippen LogP contribution in [0.1, 0.15) is 30.5 Å². The van der Waals surface area contributed by atoms with Gasteiger partial charge in [0.2, 0.25) is 0 Å². The van der Waals surface area contributed by atoms with E-state index in [4.69, 9.17) is 0 Å². The smallest absolute Gasteiger partial charge is 0.133 e. The van der Waals surface area contributed by atoms with Crippen LogP contribution in [0, 0.1) is 30.4 Å². The quantitative estimate of drug-likeness (QED) is 0.833. The Bertz CT molecular complexity index is 403. The van der Waals surface area contributed by atoms with Gasteiger partial charge in [-0.05, 0) is 43.9 Å². The standard InChI is InChI=1S/C13H17F2N/c1-7-4-5-10(14)11(12(7)15)13(16-3)9-6-8(9)2/h4-5,8-9,13,16H,6H2,1-3H3. The van der Waals surface area contributed by atoms with E-state index in [2.05, 4.69) is 12.2 Å². The number of hydrogen-bond acceptors (Lipinski definition) is 1. The minimum atomic E-state index is -0.443. The first kappa shape index (κ1) is 11.5. The molecule has 1 N–H and O–H groups in total. The number of halogens is 2. The normalized spacial score (nSPS) is 25.6. The van der Waals surface area contributed by atoms with Gasteiger partial charge in [-0.25, -0.2) is 8.78 Å². The first-order chi connectivity index (χ1) is 7.56. The van der Waals surface area contributed by atoms with Crippen LogP contribution in [-0.4, -0.2) is 7.05 Å². The van der Waals surface area contributed by atoms with Gasteiger partial charge in [0, 0.05) is 11.6 Å². The summed E-state index contributed by atoms with van der Waals surface area (Å²) in [5.41, 5.74) is 0.710. The van der Waals surface area contributed by atoms with E-state index in [0.29, 0.717) is 17.4 Å². The third-order valence-corrected chi connectivity index (χ3v) is 3.54. The summed E-state index contributed by atoms with van der Waals surface area (Å²) < 4.78 is 27.6. The lowest BCUT2D eigenvalue weighted by molar-refractivity contribution is 0.443. The monoisotopic (exact) mass is 225 g/mol. The molecular weight excluding hydrogens is 208 g/mol. The summed E-state index contributed by atoms with van der Waals surface area (Å²) in [5.74, 6) is 0.0626. The van der Waals surface area contributed by atoms with Gasteiger partial charge < -0.3 is 5.32 Å². The van der Waals surface area contributed by atoms with Gasteiger partial charge in [0.25, 0.3) is 0 Å². The maximum atomic E-state index is 13.9. The van der Waals surface area contributed by atoms with Crippen molar-refractivity contribution in [3.05, 3.63) is 34.9 Å². The van der Waals surface area contributed by atoms with E-state index in [-0.39, 0.29) is 11.6 Å². The summed E-state index contributed by atoms with van der Waals surface area (Å²) in [6.45, 7) is 3.78. The summed E-state index contributed by atoms with van der Waals surface area (Å²) in [7, 11) is 1.76. The lowest BCUT2D eigenvalue weighted by Gasteiger charge is -2.19. The summed E-state index contributed by atoms with van der Waals surface area (Å²) in [5, 5.41) is 3.04. The Morgan fingerprint density at radius 1 is 1.38 bits per heavy atom. The zero-order valence-electron chi connectivity index (χ0n) is 9.85. The minimum Gasteiger partial charge on any atom is -0.313 e. The van der Waals surface area contributed by atoms with Crippen LogP contribution in [0.2, 0.25) is 0 Å². The second kappa shape index (κ2) is 4.13. The predicted octanol–water partition coefficient (Wildman–Crippen LogP) is 3.19. The first-order valence-electron chi connectivity index (χ1n) is 5.68. The molecule has 1 aromatic rings. The van der Waals surface area contributed by atoms with E-state index in [1.54, 1.807) is 14.0 Å². The number of rotatable bonds is 3.